The fourth-order valence-corrected chi connectivity index (χ4v) is 12.2. The monoisotopic (exact) mass is 1150 g/mol. The highest BCUT2D eigenvalue weighted by Gasteiger charge is 2.53. The van der Waals surface area contributed by atoms with Crippen molar-refractivity contribution in [1.29, 1.82) is 0 Å². The van der Waals surface area contributed by atoms with E-state index in [4.69, 9.17) is 18.9 Å². The van der Waals surface area contributed by atoms with Gasteiger partial charge in [-0.25, -0.2) is 0 Å². The molecular weight excluding hydrogens is 1100 g/mol. The Balaban J connectivity index is 1.14. The fraction of sp³-hybridized carbons (Fsp3) is 0.200. The van der Waals surface area contributed by atoms with Crippen LogP contribution < -0.4 is 18.9 Å². The van der Waals surface area contributed by atoms with Crippen molar-refractivity contribution in [3.05, 3.63) is 164 Å². The van der Waals surface area contributed by atoms with Crippen molar-refractivity contribution in [2.75, 3.05) is 0 Å². The number of rotatable bonds is 7. The second-order valence-electron chi connectivity index (χ2n) is 21.0. The second kappa shape index (κ2) is 19.7. The largest absolute Gasteiger partial charge is 0.508 e. The van der Waals surface area contributed by atoms with E-state index in [-0.39, 0.29) is 44.9 Å². The number of benzene rings is 8. The van der Waals surface area contributed by atoms with Crippen LogP contribution in [0.1, 0.15) is 103 Å². The minimum atomic E-state index is -2.16. The Kier molecular flexibility index (Phi) is 12.7. The van der Waals surface area contributed by atoms with Crippen LogP contribution in [-0.2, 0) is 6.42 Å². The van der Waals surface area contributed by atoms with Crippen LogP contribution in [-0.4, -0.2) is 127 Å². The van der Waals surface area contributed by atoms with Gasteiger partial charge in [-0.3, -0.25) is 0 Å². The SMILES string of the molecule is Oc1cc(O)c2c(c1)O[C@H](c1ccc(O)c(O)c1)[C@H](O)[C@H]2c1c(O)cc(O)c2c1O[C@H](c1ccc(O)c(O)c1)[C@H](O)[C@H]2c1c(O)cc(O)c2c1O[C@H](c1ccc(O)c(O)c1)[C@H](O)[C@@H]2c1c(O)cc(O)c2c1O[C@H](c1cc(O)ccc1O)[C@@H](O)C2. The number of fused-ring (bicyclic) bond motifs is 4. The average molecular weight is 1160 g/mol. The molecule has 0 bridgehead atoms. The fourth-order valence-electron chi connectivity index (χ4n) is 12.2. The maximum atomic E-state index is 13.1. The molecule has 11 atom stereocenters. The van der Waals surface area contributed by atoms with E-state index in [0.29, 0.717) is 0 Å². The quantitative estimate of drug-likeness (QED) is 0.0653. The Morgan fingerprint density at radius 2 is 0.655 bits per heavy atom. The Hall–Kier alpha value is -10.4. The van der Waals surface area contributed by atoms with Gasteiger partial charge in [-0.05, 0) is 71.3 Å². The minimum absolute atomic E-state index is 0.00310. The van der Waals surface area contributed by atoms with Crippen molar-refractivity contribution in [2.24, 2.45) is 0 Å². The van der Waals surface area contributed by atoms with Crippen molar-refractivity contribution >= 4 is 0 Å². The normalized spacial score (nSPS) is 24.0. The van der Waals surface area contributed by atoms with Crippen LogP contribution in [0.25, 0.3) is 0 Å². The van der Waals surface area contributed by atoms with E-state index < -0.39 is 204 Å². The van der Waals surface area contributed by atoms with E-state index in [2.05, 4.69) is 0 Å². The summed E-state index contributed by atoms with van der Waals surface area (Å²) in [5.74, 6) is -18.9. The molecule has 0 fully saturated rings. The van der Waals surface area contributed by atoms with Gasteiger partial charge in [0.15, 0.2) is 58.9 Å². The first-order chi connectivity index (χ1) is 39.9. The van der Waals surface area contributed by atoms with Crippen LogP contribution in [0, 0.1) is 0 Å². The van der Waals surface area contributed by atoms with Gasteiger partial charge in [0.05, 0.1) is 23.9 Å². The highest BCUT2D eigenvalue weighted by Crippen LogP contribution is 2.65. The Morgan fingerprint density at radius 3 is 1.10 bits per heavy atom. The third-order valence-corrected chi connectivity index (χ3v) is 16.0. The van der Waals surface area contributed by atoms with Crippen LogP contribution in [0.4, 0.5) is 0 Å². The maximum Gasteiger partial charge on any atom is 0.157 e. The molecular formula is C60H50O24. The summed E-state index contributed by atoms with van der Waals surface area (Å²) in [4.78, 5) is 0. The summed E-state index contributed by atoms with van der Waals surface area (Å²) >= 11 is 0. The molecule has 24 heteroatoms. The molecule has 0 amide bonds. The van der Waals surface area contributed by atoms with Gasteiger partial charge < -0.3 is 121 Å². The molecule has 12 rings (SSSR count). The Bertz CT molecular complexity index is 4030. The summed E-state index contributed by atoms with van der Waals surface area (Å²) in [6, 6.07) is 17.5. The number of aromatic hydroxyl groups is 16. The summed E-state index contributed by atoms with van der Waals surface area (Å²) in [7, 11) is 0. The van der Waals surface area contributed by atoms with Crippen LogP contribution >= 0.6 is 0 Å². The van der Waals surface area contributed by atoms with E-state index in [0.717, 1.165) is 84.9 Å². The van der Waals surface area contributed by atoms with Gasteiger partial charge in [0, 0.05) is 81.3 Å². The molecule has 20 N–H and O–H groups in total. The molecule has 4 aliphatic heterocycles. The van der Waals surface area contributed by atoms with Gasteiger partial charge in [-0.1, -0.05) is 18.2 Å². The molecule has 8 aromatic carbocycles. The highest BCUT2D eigenvalue weighted by atomic mass is 16.5. The van der Waals surface area contributed by atoms with Crippen molar-refractivity contribution in [3.63, 3.8) is 0 Å². The van der Waals surface area contributed by atoms with E-state index in [9.17, 15) is 102 Å². The first-order valence-corrected chi connectivity index (χ1v) is 25.7. The molecule has 0 aromatic heterocycles. The number of aliphatic hydroxyl groups is 4. The lowest BCUT2D eigenvalue weighted by molar-refractivity contribution is -0.00864. The molecule has 24 nitrogen and oxygen atoms in total. The summed E-state index contributed by atoms with van der Waals surface area (Å²) in [6.07, 6.45) is -15.1. The smallest absolute Gasteiger partial charge is 0.157 e. The van der Waals surface area contributed by atoms with Crippen LogP contribution in [0.2, 0.25) is 0 Å². The van der Waals surface area contributed by atoms with E-state index in [1.54, 1.807) is 0 Å². The lowest BCUT2D eigenvalue weighted by atomic mass is 9.72. The molecule has 434 valence electrons. The number of phenols is 16. The highest BCUT2D eigenvalue weighted by molar-refractivity contribution is 5.73. The number of aliphatic hydroxyl groups excluding tert-OH is 4. The van der Waals surface area contributed by atoms with Gasteiger partial charge in [0.25, 0.3) is 0 Å². The maximum absolute atomic E-state index is 13.1. The van der Waals surface area contributed by atoms with Crippen LogP contribution in [0.15, 0.2) is 103 Å². The van der Waals surface area contributed by atoms with E-state index in [1.807, 2.05) is 0 Å². The van der Waals surface area contributed by atoms with Gasteiger partial charge >= 0.3 is 0 Å². The molecule has 0 saturated carbocycles. The lowest BCUT2D eigenvalue weighted by Crippen LogP contribution is -2.40. The molecule has 84 heavy (non-hydrogen) atoms. The Labute approximate surface area is 472 Å². The minimum Gasteiger partial charge on any atom is -0.508 e. The zero-order valence-corrected chi connectivity index (χ0v) is 43.0. The molecule has 4 aliphatic rings. The second-order valence-corrected chi connectivity index (χ2v) is 21.0. The van der Waals surface area contributed by atoms with Crippen molar-refractivity contribution in [2.45, 2.75) is 73.0 Å². The number of hydrogen-bond donors (Lipinski definition) is 20. The molecule has 0 radical (unpaired) electrons. The lowest BCUT2D eigenvalue weighted by Gasteiger charge is -2.44. The molecule has 0 spiro atoms. The summed E-state index contributed by atoms with van der Waals surface area (Å²) in [5.41, 5.74) is -3.56. The van der Waals surface area contributed by atoms with Gasteiger partial charge in [-0.2, -0.15) is 0 Å². The van der Waals surface area contributed by atoms with Crippen molar-refractivity contribution < 1.29 is 121 Å². The van der Waals surface area contributed by atoms with Crippen molar-refractivity contribution in [1.82, 2.24) is 0 Å². The predicted octanol–water partition coefficient (Wildman–Crippen LogP) is 5.89. The Morgan fingerprint density at radius 1 is 0.286 bits per heavy atom. The van der Waals surface area contributed by atoms with E-state index >= 15 is 0 Å². The third-order valence-electron chi connectivity index (χ3n) is 16.0. The van der Waals surface area contributed by atoms with E-state index in [1.165, 1.54) is 18.2 Å². The molecule has 8 aromatic rings. The summed E-state index contributed by atoms with van der Waals surface area (Å²) < 4.78 is 25.8. The van der Waals surface area contributed by atoms with Crippen LogP contribution in [0.5, 0.6) is 115 Å². The summed E-state index contributed by atoms with van der Waals surface area (Å²) in [5, 5.41) is 230. The summed E-state index contributed by atoms with van der Waals surface area (Å²) in [6.45, 7) is 0. The zero-order chi connectivity index (χ0) is 59.8. The molecule has 0 unspecified atom stereocenters. The topological polar surface area (TPSA) is 442 Å². The van der Waals surface area contributed by atoms with Crippen molar-refractivity contribution in [3.8, 4) is 115 Å². The van der Waals surface area contributed by atoms with Gasteiger partial charge in [0.1, 0.15) is 98.8 Å². The first kappa shape index (κ1) is 54.2. The third kappa shape index (κ3) is 8.44. The number of hydrogen-bond acceptors (Lipinski definition) is 24. The molecule has 4 heterocycles. The first-order valence-electron chi connectivity index (χ1n) is 25.7. The average Bonchev–Trinajstić information content (AvgIpc) is 3.61. The molecule has 0 aliphatic carbocycles. The standard InChI is InChI=1S/C60H50O24/c61-22-4-8-26(63)24(12-22)57-40(77)15-25-30(67)16-35(72)43(58(25)84-57)49-45-37(74)18-39(76)47(60(45)83-55(52(49)79)20-2-6-28(65)32(69)10-20)50-46-38(75)17-36(73)44(59(46)82-56(53(50)80)21-3-7-29(66)33(70)11-21)48-42-34(71)13-23(62)14-41(42)81-54(51(48)78)19-1-5-27(64)31(68)9-19/h1-14,16-18,40,48-57,61-80H,15H2/t40-,48+,49+,50+,51+,52+,53+,54+,55+,56+,57+/m0/s1. The number of ether oxygens (including phenoxy) is 4. The number of phenolic OH excluding ortho intramolecular Hbond substituents is 16. The van der Waals surface area contributed by atoms with Crippen LogP contribution in [0.3, 0.4) is 0 Å². The zero-order valence-electron chi connectivity index (χ0n) is 43.0. The van der Waals surface area contributed by atoms with Gasteiger partial charge in [0.2, 0.25) is 0 Å². The predicted molar refractivity (Wildman–Crippen MR) is 285 cm³/mol. The van der Waals surface area contributed by atoms with Gasteiger partial charge in [-0.15, -0.1) is 0 Å². The molecule has 0 saturated heterocycles.